The van der Waals surface area contributed by atoms with Crippen molar-refractivity contribution in [3.05, 3.63) is 45.8 Å². The van der Waals surface area contributed by atoms with E-state index in [4.69, 9.17) is 9.63 Å². The van der Waals surface area contributed by atoms with Crippen LogP contribution in [0.3, 0.4) is 0 Å². The summed E-state index contributed by atoms with van der Waals surface area (Å²) in [5.41, 5.74) is 1.05. The molecule has 0 fully saturated rings. The van der Waals surface area contributed by atoms with E-state index in [2.05, 4.69) is 31.7 Å². The molecule has 0 saturated heterocycles. The summed E-state index contributed by atoms with van der Waals surface area (Å²) in [6.45, 7) is 1.96. The molecule has 3 N–H and O–H groups in total. The Hall–Kier alpha value is -2.35. The number of hydrogen-bond acceptors (Lipinski definition) is 4. The van der Waals surface area contributed by atoms with Crippen molar-refractivity contribution in [2.45, 2.75) is 13.5 Å². The number of benzene rings is 1. The van der Waals surface area contributed by atoms with Gasteiger partial charge in [0.25, 0.3) is 0 Å². The van der Waals surface area contributed by atoms with Gasteiger partial charge in [0.05, 0.1) is 17.8 Å². The highest BCUT2D eigenvalue weighted by Crippen LogP contribution is 2.23. The maximum atomic E-state index is 11.8. The Kier molecular flexibility index (Phi) is 4.59. The first-order valence-corrected chi connectivity index (χ1v) is 6.75. The zero-order valence-electron chi connectivity index (χ0n) is 11.0. The van der Waals surface area contributed by atoms with E-state index in [1.54, 1.807) is 19.1 Å². The Morgan fingerprint density at radius 3 is 2.76 bits per heavy atom. The van der Waals surface area contributed by atoms with Crippen molar-refractivity contribution in [1.82, 2.24) is 10.5 Å². The molecule has 1 aromatic heterocycles. The largest absolute Gasteiger partial charge is 0.478 e. The fraction of sp³-hybridized carbons (Fsp3) is 0.154. The van der Waals surface area contributed by atoms with E-state index in [1.807, 2.05) is 0 Å². The van der Waals surface area contributed by atoms with Crippen LogP contribution in [-0.2, 0) is 6.54 Å². The van der Waals surface area contributed by atoms with Crippen molar-refractivity contribution < 1.29 is 19.2 Å². The number of aromatic nitrogens is 1. The minimum Gasteiger partial charge on any atom is -0.478 e. The number of urea groups is 1. The van der Waals surface area contributed by atoms with Crippen molar-refractivity contribution in [3.8, 4) is 0 Å². The van der Waals surface area contributed by atoms with Crippen LogP contribution in [0, 0.1) is 6.92 Å². The molecule has 7 nitrogen and oxygen atoms in total. The van der Waals surface area contributed by atoms with Gasteiger partial charge in [0.2, 0.25) is 0 Å². The molecule has 2 amide bonds. The van der Waals surface area contributed by atoms with Gasteiger partial charge in [-0.1, -0.05) is 5.16 Å². The first kappa shape index (κ1) is 15.0. The number of carbonyl (C=O) groups excluding carboxylic acids is 1. The van der Waals surface area contributed by atoms with Gasteiger partial charge in [0, 0.05) is 10.5 Å². The van der Waals surface area contributed by atoms with Gasteiger partial charge in [0.1, 0.15) is 11.5 Å². The fourth-order valence-corrected chi connectivity index (χ4v) is 1.94. The number of amides is 2. The summed E-state index contributed by atoms with van der Waals surface area (Å²) < 4.78 is 5.47. The first-order valence-electron chi connectivity index (χ1n) is 5.95. The number of anilines is 1. The maximum absolute atomic E-state index is 11.8. The highest BCUT2D eigenvalue weighted by Gasteiger charge is 2.10. The molecular weight excluding hydrogens is 342 g/mol. The number of carboxylic acids is 1. The van der Waals surface area contributed by atoms with Gasteiger partial charge < -0.3 is 20.3 Å². The van der Waals surface area contributed by atoms with Gasteiger partial charge in [-0.25, -0.2) is 9.59 Å². The summed E-state index contributed by atoms with van der Waals surface area (Å²) in [6, 6.07) is 5.60. The van der Waals surface area contributed by atoms with Gasteiger partial charge in [-0.3, -0.25) is 0 Å². The molecular formula is C13H12BrN3O4. The Labute approximate surface area is 128 Å². The quantitative estimate of drug-likeness (QED) is 0.783. The van der Waals surface area contributed by atoms with Gasteiger partial charge in [0.15, 0.2) is 0 Å². The average molecular weight is 354 g/mol. The average Bonchev–Trinajstić information content (AvgIpc) is 2.84. The monoisotopic (exact) mass is 353 g/mol. The van der Waals surface area contributed by atoms with E-state index in [0.717, 1.165) is 0 Å². The summed E-state index contributed by atoms with van der Waals surface area (Å²) in [6.07, 6.45) is 0. The number of carboxylic acid groups (broad SMARTS) is 1. The van der Waals surface area contributed by atoms with E-state index in [-0.39, 0.29) is 12.1 Å². The molecule has 1 heterocycles. The van der Waals surface area contributed by atoms with Gasteiger partial charge in [-0.2, -0.15) is 0 Å². The SMILES string of the molecule is Cc1cc(CNC(=O)Nc2cc(C(=O)O)ccc2Br)no1. The number of carbonyl (C=O) groups is 2. The molecule has 0 spiro atoms. The van der Waals surface area contributed by atoms with Crippen LogP contribution in [0.5, 0.6) is 0 Å². The lowest BCUT2D eigenvalue weighted by Gasteiger charge is -2.09. The lowest BCUT2D eigenvalue weighted by atomic mass is 10.2. The van der Waals surface area contributed by atoms with E-state index in [1.165, 1.54) is 12.1 Å². The van der Waals surface area contributed by atoms with Crippen molar-refractivity contribution in [3.63, 3.8) is 0 Å². The highest BCUT2D eigenvalue weighted by molar-refractivity contribution is 9.10. The fourth-order valence-electron chi connectivity index (χ4n) is 1.59. The van der Waals surface area contributed by atoms with Gasteiger partial charge in [-0.05, 0) is 41.1 Å². The summed E-state index contributed by atoms with van der Waals surface area (Å²) >= 11 is 3.24. The van der Waals surface area contributed by atoms with Crippen molar-refractivity contribution in [2.24, 2.45) is 0 Å². The predicted octanol–water partition coefficient (Wildman–Crippen LogP) is 2.77. The van der Waals surface area contributed by atoms with Crippen LogP contribution in [0.15, 0.2) is 33.3 Å². The van der Waals surface area contributed by atoms with Crippen LogP contribution in [0.1, 0.15) is 21.8 Å². The third-order valence-electron chi connectivity index (χ3n) is 2.57. The molecule has 0 radical (unpaired) electrons. The summed E-state index contributed by atoms with van der Waals surface area (Å²) in [4.78, 5) is 22.7. The second-order valence-electron chi connectivity index (χ2n) is 4.24. The van der Waals surface area contributed by atoms with E-state index < -0.39 is 12.0 Å². The Morgan fingerprint density at radius 1 is 1.38 bits per heavy atom. The molecule has 2 aromatic rings. The number of nitrogens with zero attached hydrogens (tertiary/aromatic N) is 1. The topological polar surface area (TPSA) is 104 Å². The molecule has 8 heteroatoms. The standard InChI is InChI=1S/C13H12BrN3O4/c1-7-4-9(17-21-7)6-15-13(20)16-11-5-8(12(18)19)2-3-10(11)14/h2-5H,6H2,1H3,(H,18,19)(H2,15,16,20). The van der Waals surface area contributed by atoms with Crippen molar-refractivity contribution in [2.75, 3.05) is 5.32 Å². The molecule has 0 aliphatic rings. The van der Waals surface area contributed by atoms with Crippen LogP contribution < -0.4 is 10.6 Å². The van der Waals surface area contributed by atoms with E-state index >= 15 is 0 Å². The van der Waals surface area contributed by atoms with Crippen LogP contribution in [0.4, 0.5) is 10.5 Å². The molecule has 0 aliphatic carbocycles. The maximum Gasteiger partial charge on any atom is 0.335 e. The second-order valence-corrected chi connectivity index (χ2v) is 5.09. The summed E-state index contributed by atoms with van der Waals surface area (Å²) in [5.74, 6) is -0.409. The molecule has 21 heavy (non-hydrogen) atoms. The minimum atomic E-state index is -1.07. The molecule has 0 saturated carbocycles. The summed E-state index contributed by atoms with van der Waals surface area (Å²) in [7, 11) is 0. The minimum absolute atomic E-state index is 0.0839. The highest BCUT2D eigenvalue weighted by atomic mass is 79.9. The second kappa shape index (κ2) is 6.40. The number of rotatable bonds is 4. The molecule has 110 valence electrons. The Balaban J connectivity index is 1.99. The van der Waals surface area contributed by atoms with Crippen LogP contribution >= 0.6 is 15.9 Å². The number of halogens is 1. The summed E-state index contributed by atoms with van der Waals surface area (Å²) in [5, 5.41) is 17.8. The molecule has 0 unspecified atom stereocenters. The van der Waals surface area contributed by atoms with E-state index in [9.17, 15) is 9.59 Å². The molecule has 0 aliphatic heterocycles. The van der Waals surface area contributed by atoms with Crippen LogP contribution in [-0.4, -0.2) is 22.3 Å². The number of aromatic carboxylic acids is 1. The van der Waals surface area contributed by atoms with Crippen molar-refractivity contribution >= 4 is 33.6 Å². The number of aryl methyl sites for hydroxylation is 1. The van der Waals surface area contributed by atoms with Gasteiger partial charge in [-0.15, -0.1) is 0 Å². The third-order valence-corrected chi connectivity index (χ3v) is 3.26. The van der Waals surface area contributed by atoms with Crippen molar-refractivity contribution in [1.29, 1.82) is 0 Å². The molecule has 2 rings (SSSR count). The predicted molar refractivity (Wildman–Crippen MR) is 78.2 cm³/mol. The van der Waals surface area contributed by atoms with Gasteiger partial charge >= 0.3 is 12.0 Å². The third kappa shape index (κ3) is 4.06. The lowest BCUT2D eigenvalue weighted by molar-refractivity contribution is 0.0697. The normalized spacial score (nSPS) is 10.2. The smallest absolute Gasteiger partial charge is 0.335 e. The number of hydrogen-bond donors (Lipinski definition) is 3. The van der Waals surface area contributed by atoms with E-state index in [0.29, 0.717) is 21.6 Å². The molecule has 1 aromatic carbocycles. The Morgan fingerprint density at radius 2 is 2.14 bits per heavy atom. The number of nitrogens with one attached hydrogen (secondary N) is 2. The zero-order chi connectivity index (χ0) is 15.4. The van der Waals surface area contributed by atoms with Crippen LogP contribution in [0.25, 0.3) is 0 Å². The molecule has 0 bridgehead atoms. The Bertz CT molecular complexity index is 684. The zero-order valence-corrected chi connectivity index (χ0v) is 12.6. The van der Waals surface area contributed by atoms with Crippen LogP contribution in [0.2, 0.25) is 0 Å². The lowest BCUT2D eigenvalue weighted by Crippen LogP contribution is -2.28. The molecule has 0 atom stereocenters. The first-order chi connectivity index (χ1) is 9.95.